The Morgan fingerprint density at radius 3 is 1.63 bits per heavy atom. The molecule has 0 radical (unpaired) electrons. The second-order valence-electron chi connectivity index (χ2n) is 5.20. The SMILES string of the molecule is CCN1CC2(C#N)CC(C#N)(CN(CC)C2=O)C1=O. The number of amides is 2. The van der Waals surface area contributed by atoms with E-state index in [0.29, 0.717) is 13.1 Å². The Hall–Kier alpha value is -2.08. The molecule has 100 valence electrons. The monoisotopic (exact) mass is 260 g/mol. The lowest BCUT2D eigenvalue weighted by Gasteiger charge is -2.51. The molecule has 2 fully saturated rings. The van der Waals surface area contributed by atoms with E-state index >= 15 is 0 Å². The molecule has 6 heteroatoms. The molecule has 2 atom stereocenters. The quantitative estimate of drug-likeness (QED) is 0.705. The van der Waals surface area contributed by atoms with Crippen LogP contribution >= 0.6 is 0 Å². The number of carbonyl (C=O) groups is 2. The number of rotatable bonds is 2. The fraction of sp³-hybridized carbons (Fsp3) is 0.692. The third kappa shape index (κ3) is 1.60. The zero-order valence-electron chi connectivity index (χ0n) is 11.1. The fourth-order valence-corrected chi connectivity index (χ4v) is 3.07. The van der Waals surface area contributed by atoms with Gasteiger partial charge in [0.1, 0.15) is 0 Å². The minimum Gasteiger partial charge on any atom is -0.339 e. The molecule has 2 saturated heterocycles. The summed E-state index contributed by atoms with van der Waals surface area (Å²) in [5.41, 5.74) is -2.51. The van der Waals surface area contributed by atoms with Crippen LogP contribution in [0, 0.1) is 33.5 Å². The van der Waals surface area contributed by atoms with Crippen LogP contribution in [-0.4, -0.2) is 47.8 Å². The van der Waals surface area contributed by atoms with Crippen LogP contribution in [0.1, 0.15) is 20.3 Å². The number of piperidine rings is 2. The van der Waals surface area contributed by atoms with Crippen LogP contribution < -0.4 is 0 Å². The Morgan fingerprint density at radius 2 is 1.37 bits per heavy atom. The highest BCUT2D eigenvalue weighted by molar-refractivity contribution is 5.96. The van der Waals surface area contributed by atoms with E-state index in [2.05, 4.69) is 12.1 Å². The van der Waals surface area contributed by atoms with Gasteiger partial charge in [-0.1, -0.05) is 0 Å². The van der Waals surface area contributed by atoms with Gasteiger partial charge in [-0.15, -0.1) is 0 Å². The van der Waals surface area contributed by atoms with Gasteiger partial charge in [0.2, 0.25) is 11.8 Å². The molecule has 2 amide bonds. The summed E-state index contributed by atoms with van der Waals surface area (Å²) in [4.78, 5) is 27.7. The molecule has 0 N–H and O–H groups in total. The molecule has 2 aliphatic heterocycles. The molecule has 2 heterocycles. The van der Waals surface area contributed by atoms with Crippen LogP contribution in [0.15, 0.2) is 0 Å². The molecular formula is C13H16N4O2. The number of fused-ring (bicyclic) bond motifs is 2. The van der Waals surface area contributed by atoms with Gasteiger partial charge in [0, 0.05) is 32.6 Å². The number of hydrogen-bond donors (Lipinski definition) is 0. The molecule has 0 saturated carbocycles. The van der Waals surface area contributed by atoms with Crippen LogP contribution in [0.5, 0.6) is 0 Å². The highest BCUT2D eigenvalue weighted by Crippen LogP contribution is 2.46. The van der Waals surface area contributed by atoms with Crippen LogP contribution in [0.25, 0.3) is 0 Å². The highest BCUT2D eigenvalue weighted by atomic mass is 16.2. The van der Waals surface area contributed by atoms with Gasteiger partial charge in [-0.3, -0.25) is 9.59 Å². The Morgan fingerprint density at radius 1 is 1.00 bits per heavy atom. The van der Waals surface area contributed by atoms with Crippen LogP contribution in [0.2, 0.25) is 0 Å². The molecule has 0 aromatic carbocycles. The van der Waals surface area contributed by atoms with E-state index in [4.69, 9.17) is 0 Å². The molecule has 0 aromatic heterocycles. The normalized spacial score (nSPS) is 33.9. The zero-order valence-corrected chi connectivity index (χ0v) is 11.1. The summed E-state index contributed by atoms with van der Waals surface area (Å²) in [6.07, 6.45) is 0.0255. The molecule has 2 unspecified atom stereocenters. The average Bonchev–Trinajstić information content (AvgIpc) is 2.45. The van der Waals surface area contributed by atoms with Crippen LogP contribution in [0.4, 0.5) is 0 Å². The number of carbonyl (C=O) groups excluding carboxylic acids is 2. The van der Waals surface area contributed by atoms with E-state index in [1.807, 2.05) is 0 Å². The number of hydrogen-bond acceptors (Lipinski definition) is 4. The largest absolute Gasteiger partial charge is 0.339 e. The molecule has 2 bridgehead atoms. The van der Waals surface area contributed by atoms with Crippen molar-refractivity contribution in [1.82, 2.24) is 9.80 Å². The van der Waals surface area contributed by atoms with Crippen molar-refractivity contribution in [3.05, 3.63) is 0 Å². The van der Waals surface area contributed by atoms with Gasteiger partial charge >= 0.3 is 0 Å². The van der Waals surface area contributed by atoms with Gasteiger partial charge in [-0.2, -0.15) is 10.5 Å². The molecular weight excluding hydrogens is 244 g/mol. The minimum atomic E-state index is -1.26. The van der Waals surface area contributed by atoms with Crippen molar-refractivity contribution >= 4 is 11.8 Å². The van der Waals surface area contributed by atoms with Gasteiger partial charge in [0.05, 0.1) is 12.1 Å². The smallest absolute Gasteiger partial charge is 0.245 e. The highest BCUT2D eigenvalue weighted by Gasteiger charge is 2.62. The van der Waals surface area contributed by atoms with Crippen molar-refractivity contribution in [2.45, 2.75) is 20.3 Å². The first kappa shape index (κ1) is 13.4. The lowest BCUT2D eigenvalue weighted by molar-refractivity contribution is -0.166. The standard InChI is InChI=1S/C13H16N4O2/c1-3-16-8-12(6-14)5-13(7-15,10(16)18)9-17(4-2)11(12)19/h3-5,8-9H2,1-2H3. The second kappa shape index (κ2) is 4.24. The summed E-state index contributed by atoms with van der Waals surface area (Å²) in [5.74, 6) is -0.511. The van der Waals surface area contributed by atoms with E-state index in [1.165, 1.54) is 9.80 Å². The molecule has 6 nitrogen and oxygen atoms in total. The van der Waals surface area contributed by atoms with Gasteiger partial charge in [-0.05, 0) is 13.8 Å². The number of nitrogens with zero attached hydrogens (tertiary/aromatic N) is 4. The third-order valence-corrected chi connectivity index (χ3v) is 4.11. The maximum absolute atomic E-state index is 12.4. The first-order valence-corrected chi connectivity index (χ1v) is 6.40. The van der Waals surface area contributed by atoms with Gasteiger partial charge in [0.15, 0.2) is 10.8 Å². The maximum atomic E-state index is 12.4. The average molecular weight is 260 g/mol. The van der Waals surface area contributed by atoms with Crippen LogP contribution in [-0.2, 0) is 9.59 Å². The molecule has 0 aliphatic carbocycles. The number of nitriles is 2. The van der Waals surface area contributed by atoms with Crippen molar-refractivity contribution in [1.29, 1.82) is 10.5 Å². The van der Waals surface area contributed by atoms with E-state index in [9.17, 15) is 20.1 Å². The van der Waals surface area contributed by atoms with Gasteiger partial charge in [-0.25, -0.2) is 0 Å². The van der Waals surface area contributed by atoms with Crippen molar-refractivity contribution in [3.63, 3.8) is 0 Å². The van der Waals surface area contributed by atoms with E-state index in [0.717, 1.165) is 0 Å². The Balaban J connectivity index is 2.56. The number of likely N-dealkylation sites (tertiary alicyclic amines) is 2. The Bertz CT molecular complexity index is 472. The molecule has 0 spiro atoms. The first-order valence-electron chi connectivity index (χ1n) is 6.40. The first-order chi connectivity index (χ1) is 8.98. The van der Waals surface area contributed by atoms with E-state index < -0.39 is 10.8 Å². The lowest BCUT2D eigenvalue weighted by Crippen LogP contribution is -2.68. The zero-order chi connectivity index (χ0) is 14.3. The van der Waals surface area contributed by atoms with Crippen LogP contribution in [0.3, 0.4) is 0 Å². The third-order valence-electron chi connectivity index (χ3n) is 4.11. The lowest BCUT2D eigenvalue weighted by atomic mass is 9.64. The summed E-state index contributed by atoms with van der Waals surface area (Å²) in [7, 11) is 0. The van der Waals surface area contributed by atoms with Crippen molar-refractivity contribution in [2.75, 3.05) is 26.2 Å². The Kier molecular flexibility index (Phi) is 2.98. The fourth-order valence-electron chi connectivity index (χ4n) is 3.07. The maximum Gasteiger partial charge on any atom is 0.245 e. The summed E-state index contributed by atoms with van der Waals surface area (Å²) in [5, 5.41) is 18.9. The van der Waals surface area contributed by atoms with E-state index in [1.54, 1.807) is 13.8 Å². The molecule has 2 aliphatic rings. The van der Waals surface area contributed by atoms with Gasteiger partial charge < -0.3 is 9.80 Å². The molecule has 0 aromatic rings. The van der Waals surface area contributed by atoms with Crippen molar-refractivity contribution in [3.8, 4) is 12.1 Å². The molecule has 2 rings (SSSR count). The van der Waals surface area contributed by atoms with Crippen molar-refractivity contribution < 1.29 is 9.59 Å². The predicted molar refractivity (Wildman–Crippen MR) is 65.2 cm³/mol. The van der Waals surface area contributed by atoms with Gasteiger partial charge in [0.25, 0.3) is 0 Å². The topological polar surface area (TPSA) is 88.2 Å². The Labute approximate surface area is 112 Å². The summed E-state index contributed by atoms with van der Waals surface area (Å²) >= 11 is 0. The summed E-state index contributed by atoms with van der Waals surface area (Å²) < 4.78 is 0. The molecule has 19 heavy (non-hydrogen) atoms. The summed E-state index contributed by atoms with van der Waals surface area (Å²) in [6.45, 7) is 4.58. The summed E-state index contributed by atoms with van der Waals surface area (Å²) in [6, 6.07) is 4.14. The second-order valence-corrected chi connectivity index (χ2v) is 5.20. The van der Waals surface area contributed by atoms with Crippen molar-refractivity contribution in [2.24, 2.45) is 10.8 Å². The van der Waals surface area contributed by atoms with E-state index in [-0.39, 0.29) is 31.3 Å². The minimum absolute atomic E-state index is 0.0255. The predicted octanol–water partition coefficient (Wildman–Crippen LogP) is 0.121.